The van der Waals surface area contributed by atoms with Gasteiger partial charge in [-0.2, -0.15) is 13.2 Å². The van der Waals surface area contributed by atoms with Crippen molar-refractivity contribution in [2.45, 2.75) is 18.5 Å². The molecular weight excluding hydrogens is 269 g/mol. The number of benzene rings is 1. The molecule has 0 N–H and O–H groups in total. The Morgan fingerprint density at radius 1 is 1.33 bits per heavy atom. The van der Waals surface area contributed by atoms with Gasteiger partial charge in [-0.15, -0.1) is 11.6 Å². The lowest BCUT2D eigenvalue weighted by molar-refractivity contribution is -0.173. The summed E-state index contributed by atoms with van der Waals surface area (Å²) in [6, 6.07) is 5.21. The highest BCUT2D eigenvalue weighted by Crippen LogP contribution is 2.27. The Morgan fingerprint density at radius 3 is 2.50 bits per heavy atom. The van der Waals surface area contributed by atoms with Crippen molar-refractivity contribution in [3.8, 4) is 5.75 Å². The van der Waals surface area contributed by atoms with Crippen molar-refractivity contribution < 1.29 is 22.6 Å². The molecule has 0 aromatic heterocycles. The molecule has 0 aliphatic carbocycles. The summed E-state index contributed by atoms with van der Waals surface area (Å²) in [6.45, 7) is 0.362. The summed E-state index contributed by atoms with van der Waals surface area (Å²) < 4.78 is 45.3. The van der Waals surface area contributed by atoms with E-state index in [4.69, 9.17) is 16.3 Å². The first-order chi connectivity index (χ1) is 8.33. The van der Waals surface area contributed by atoms with Gasteiger partial charge in [0.05, 0.1) is 19.1 Å². The van der Waals surface area contributed by atoms with Gasteiger partial charge in [0.1, 0.15) is 12.4 Å². The molecule has 1 aromatic rings. The number of ether oxygens (including phenoxy) is 2. The average molecular weight is 283 g/mol. The van der Waals surface area contributed by atoms with Crippen LogP contribution in [0.3, 0.4) is 0 Å². The van der Waals surface area contributed by atoms with Crippen LogP contribution in [0.2, 0.25) is 0 Å². The lowest BCUT2D eigenvalue weighted by atomic mass is 10.1. The van der Waals surface area contributed by atoms with Crippen molar-refractivity contribution in [3.05, 3.63) is 29.3 Å². The third-order valence-electron chi connectivity index (χ3n) is 2.31. The fourth-order valence-corrected chi connectivity index (χ4v) is 1.70. The first kappa shape index (κ1) is 15.1. The van der Waals surface area contributed by atoms with Gasteiger partial charge in [0, 0.05) is 0 Å². The second kappa shape index (κ2) is 6.29. The van der Waals surface area contributed by atoms with E-state index in [1.165, 1.54) is 0 Å². The monoisotopic (exact) mass is 282 g/mol. The molecule has 0 spiro atoms. The van der Waals surface area contributed by atoms with Gasteiger partial charge < -0.3 is 9.47 Å². The zero-order chi connectivity index (χ0) is 13.8. The molecule has 0 fully saturated rings. The Kier molecular flexibility index (Phi) is 5.28. The van der Waals surface area contributed by atoms with Crippen LogP contribution in [0.1, 0.15) is 16.5 Å². The molecule has 0 radical (unpaired) electrons. The number of methoxy groups -OCH3 is 1. The summed E-state index contributed by atoms with van der Waals surface area (Å²) in [7, 11) is 1.55. The molecule has 1 aromatic carbocycles. The molecule has 6 heteroatoms. The van der Waals surface area contributed by atoms with E-state index >= 15 is 0 Å². The summed E-state index contributed by atoms with van der Waals surface area (Å²) in [6.07, 6.45) is -4.33. The summed E-state index contributed by atoms with van der Waals surface area (Å²) in [5.74, 6) is 0.707. The van der Waals surface area contributed by atoms with Gasteiger partial charge in [-0.3, -0.25) is 0 Å². The van der Waals surface area contributed by atoms with Crippen LogP contribution in [0.25, 0.3) is 0 Å². The van der Waals surface area contributed by atoms with E-state index in [0.717, 1.165) is 5.56 Å². The normalized spacial score (nSPS) is 13.4. The van der Waals surface area contributed by atoms with Gasteiger partial charge in [-0.25, -0.2) is 0 Å². The standard InChI is InChI=1S/C12H14ClF3O2/c1-8-5-9(3-4-11(8)17-2)10(13)6-18-7-12(14,15)16/h3-5,10H,6-7H2,1-2H3. The maximum absolute atomic E-state index is 11.9. The highest BCUT2D eigenvalue weighted by Gasteiger charge is 2.27. The van der Waals surface area contributed by atoms with Crippen molar-refractivity contribution in [2.24, 2.45) is 0 Å². The second-order valence-corrected chi connectivity index (χ2v) is 4.35. The van der Waals surface area contributed by atoms with Crippen LogP contribution in [-0.2, 0) is 4.74 Å². The number of alkyl halides is 4. The Morgan fingerprint density at radius 2 is 2.00 bits per heavy atom. The van der Waals surface area contributed by atoms with Gasteiger partial charge in [-0.05, 0) is 24.1 Å². The first-order valence-corrected chi connectivity index (χ1v) is 5.70. The maximum Gasteiger partial charge on any atom is 0.411 e. The second-order valence-electron chi connectivity index (χ2n) is 3.83. The molecule has 1 atom stereocenters. The molecule has 0 heterocycles. The molecule has 0 amide bonds. The third-order valence-corrected chi connectivity index (χ3v) is 2.69. The molecule has 1 unspecified atom stereocenters. The minimum absolute atomic E-state index is 0.188. The smallest absolute Gasteiger partial charge is 0.411 e. The SMILES string of the molecule is COc1ccc(C(Cl)COCC(F)(F)F)cc1C. The minimum atomic E-state index is -4.33. The molecule has 2 nitrogen and oxygen atoms in total. The molecule has 102 valence electrons. The van der Waals surface area contributed by atoms with Crippen molar-refractivity contribution >= 4 is 11.6 Å². The average Bonchev–Trinajstić information content (AvgIpc) is 2.27. The molecule has 0 saturated carbocycles. The predicted molar refractivity (Wildman–Crippen MR) is 63.2 cm³/mol. The Balaban J connectivity index is 2.56. The molecular formula is C12H14ClF3O2. The Labute approximate surface area is 109 Å². The van der Waals surface area contributed by atoms with E-state index in [1.54, 1.807) is 25.3 Å². The summed E-state index contributed by atoms with van der Waals surface area (Å²) >= 11 is 5.97. The van der Waals surface area contributed by atoms with Crippen molar-refractivity contribution in [1.29, 1.82) is 0 Å². The van der Waals surface area contributed by atoms with Crippen molar-refractivity contribution in [2.75, 3.05) is 20.3 Å². The van der Waals surface area contributed by atoms with Crippen LogP contribution in [-0.4, -0.2) is 26.5 Å². The fraction of sp³-hybridized carbons (Fsp3) is 0.500. The number of halogens is 4. The summed E-state index contributed by atoms with van der Waals surface area (Å²) in [4.78, 5) is 0. The Bertz CT molecular complexity index is 393. The van der Waals surface area contributed by atoms with Gasteiger partial charge in [0.25, 0.3) is 0 Å². The van der Waals surface area contributed by atoms with Crippen LogP contribution < -0.4 is 4.74 Å². The van der Waals surface area contributed by atoms with E-state index in [1.807, 2.05) is 6.92 Å². The number of aryl methyl sites for hydroxylation is 1. The lowest BCUT2D eigenvalue weighted by Crippen LogP contribution is -2.18. The van der Waals surface area contributed by atoms with E-state index in [2.05, 4.69) is 4.74 Å². The number of rotatable bonds is 5. The van der Waals surface area contributed by atoms with Crippen LogP contribution in [0.5, 0.6) is 5.75 Å². The predicted octanol–water partition coefficient (Wildman–Crippen LogP) is 3.86. The van der Waals surface area contributed by atoms with Crippen LogP contribution in [0, 0.1) is 6.92 Å². The van der Waals surface area contributed by atoms with Crippen LogP contribution >= 0.6 is 11.6 Å². The topological polar surface area (TPSA) is 18.5 Å². The van der Waals surface area contributed by atoms with E-state index in [9.17, 15) is 13.2 Å². The van der Waals surface area contributed by atoms with E-state index < -0.39 is 18.2 Å². The van der Waals surface area contributed by atoms with Gasteiger partial charge in [-0.1, -0.05) is 12.1 Å². The van der Waals surface area contributed by atoms with Crippen molar-refractivity contribution in [1.82, 2.24) is 0 Å². The minimum Gasteiger partial charge on any atom is -0.496 e. The summed E-state index contributed by atoms with van der Waals surface area (Å²) in [5, 5.41) is -0.614. The lowest BCUT2D eigenvalue weighted by Gasteiger charge is -2.14. The number of hydrogen-bond acceptors (Lipinski definition) is 2. The molecule has 0 bridgehead atoms. The zero-order valence-corrected chi connectivity index (χ0v) is 10.8. The van der Waals surface area contributed by atoms with Gasteiger partial charge in [0.2, 0.25) is 0 Å². The van der Waals surface area contributed by atoms with E-state index in [-0.39, 0.29) is 6.61 Å². The first-order valence-electron chi connectivity index (χ1n) is 5.26. The molecule has 18 heavy (non-hydrogen) atoms. The van der Waals surface area contributed by atoms with Crippen molar-refractivity contribution in [3.63, 3.8) is 0 Å². The largest absolute Gasteiger partial charge is 0.496 e. The molecule has 0 aliphatic heterocycles. The zero-order valence-electron chi connectivity index (χ0n) is 10.1. The Hall–Kier alpha value is -0.940. The van der Waals surface area contributed by atoms with Gasteiger partial charge >= 0.3 is 6.18 Å². The molecule has 0 aliphatic rings. The van der Waals surface area contributed by atoms with E-state index in [0.29, 0.717) is 11.3 Å². The van der Waals surface area contributed by atoms with Crippen LogP contribution in [0.4, 0.5) is 13.2 Å². The van der Waals surface area contributed by atoms with Crippen LogP contribution in [0.15, 0.2) is 18.2 Å². The quantitative estimate of drug-likeness (QED) is 0.764. The van der Waals surface area contributed by atoms with Gasteiger partial charge in [0.15, 0.2) is 0 Å². The number of hydrogen-bond donors (Lipinski definition) is 0. The fourth-order valence-electron chi connectivity index (χ4n) is 1.47. The summed E-state index contributed by atoms with van der Waals surface area (Å²) in [5.41, 5.74) is 1.58. The molecule has 1 rings (SSSR count). The molecule has 0 saturated heterocycles. The maximum atomic E-state index is 11.9. The third kappa shape index (κ3) is 4.74. The highest BCUT2D eigenvalue weighted by molar-refractivity contribution is 6.20. The highest BCUT2D eigenvalue weighted by atomic mass is 35.5.